The summed E-state index contributed by atoms with van der Waals surface area (Å²) in [7, 11) is 0. The minimum atomic E-state index is -0.855. The van der Waals surface area contributed by atoms with Crippen molar-refractivity contribution in [3.05, 3.63) is 53.6 Å². The molecule has 2 aromatic carbocycles. The maximum Gasteiger partial charge on any atom is 0.258 e. The van der Waals surface area contributed by atoms with Gasteiger partial charge >= 0.3 is 0 Å². The lowest BCUT2D eigenvalue weighted by Gasteiger charge is -2.18. The van der Waals surface area contributed by atoms with Gasteiger partial charge in [-0.05, 0) is 32.0 Å². The molecule has 7 heteroatoms. The maximum absolute atomic E-state index is 13.4. The normalized spacial score (nSPS) is 14.2. The molecule has 1 aliphatic rings. The van der Waals surface area contributed by atoms with E-state index in [-0.39, 0.29) is 31.1 Å². The molecule has 1 aliphatic heterocycles. The number of amides is 1. The van der Waals surface area contributed by atoms with Gasteiger partial charge in [0.05, 0.1) is 6.54 Å². The summed E-state index contributed by atoms with van der Waals surface area (Å²) in [4.78, 5) is 11.8. The minimum Gasteiger partial charge on any atom is -0.488 e. The number of nitrogens with one attached hydrogen (secondary N) is 1. The fourth-order valence-corrected chi connectivity index (χ4v) is 2.84. The van der Waals surface area contributed by atoms with E-state index in [0.717, 1.165) is 29.9 Å². The van der Waals surface area contributed by atoms with Crippen LogP contribution >= 0.6 is 0 Å². The number of carbonyl (C=O) groups is 1. The highest BCUT2D eigenvalue weighted by Crippen LogP contribution is 2.41. The Kier molecular flexibility index (Phi) is 5.48. The number of rotatable bonds is 7. The van der Waals surface area contributed by atoms with Gasteiger partial charge < -0.3 is 19.5 Å². The molecule has 5 nitrogen and oxygen atoms in total. The van der Waals surface area contributed by atoms with Gasteiger partial charge in [0.25, 0.3) is 5.91 Å². The lowest BCUT2D eigenvalue weighted by atomic mass is 10.0. The van der Waals surface area contributed by atoms with E-state index in [1.54, 1.807) is 0 Å². The third-order valence-corrected chi connectivity index (χ3v) is 3.99. The van der Waals surface area contributed by atoms with Crippen LogP contribution in [0.2, 0.25) is 0 Å². The molecule has 3 rings (SSSR count). The standard InChI is InChI=1S/C20H21F2NO4/c1-20(2)11-13-4-3-5-17(19(13)27-20)25-9-8-23-18(24)12-26-16-7-6-14(21)10-15(16)22/h3-7,10H,8-9,11-12H2,1-2H3,(H,23,24). The molecule has 1 amide bonds. The number of hydrogen-bond donors (Lipinski definition) is 1. The Morgan fingerprint density at radius 1 is 1.19 bits per heavy atom. The SMILES string of the molecule is CC1(C)Cc2cccc(OCCNC(=O)COc3ccc(F)cc3F)c2O1. The zero-order chi connectivity index (χ0) is 19.4. The first-order valence-corrected chi connectivity index (χ1v) is 8.62. The van der Waals surface area contributed by atoms with E-state index in [4.69, 9.17) is 14.2 Å². The van der Waals surface area contributed by atoms with Gasteiger partial charge in [0.15, 0.2) is 29.7 Å². The molecule has 144 valence electrons. The average Bonchev–Trinajstić information content (AvgIpc) is 2.92. The fourth-order valence-electron chi connectivity index (χ4n) is 2.84. The molecule has 0 radical (unpaired) electrons. The van der Waals surface area contributed by atoms with Crippen molar-refractivity contribution in [1.82, 2.24) is 5.32 Å². The Morgan fingerprint density at radius 2 is 2.00 bits per heavy atom. The Balaban J connectivity index is 1.42. The first-order chi connectivity index (χ1) is 12.8. The lowest BCUT2D eigenvalue weighted by Crippen LogP contribution is -2.32. The molecule has 0 saturated carbocycles. The molecule has 0 aromatic heterocycles. The Hall–Kier alpha value is -2.83. The number of ether oxygens (including phenoxy) is 3. The maximum atomic E-state index is 13.4. The van der Waals surface area contributed by atoms with Crippen molar-refractivity contribution >= 4 is 5.91 Å². The lowest BCUT2D eigenvalue weighted by molar-refractivity contribution is -0.123. The van der Waals surface area contributed by atoms with Gasteiger partial charge in [-0.15, -0.1) is 0 Å². The van der Waals surface area contributed by atoms with Crippen LogP contribution in [0.4, 0.5) is 8.78 Å². The molecule has 27 heavy (non-hydrogen) atoms. The fraction of sp³-hybridized carbons (Fsp3) is 0.350. The van der Waals surface area contributed by atoms with Crippen LogP contribution in [0.5, 0.6) is 17.2 Å². The number of hydrogen-bond acceptors (Lipinski definition) is 4. The third kappa shape index (κ3) is 4.87. The first-order valence-electron chi connectivity index (χ1n) is 8.62. The number of carbonyl (C=O) groups excluding carboxylic acids is 1. The number of benzene rings is 2. The number of para-hydroxylation sites is 1. The van der Waals surface area contributed by atoms with E-state index in [2.05, 4.69) is 5.32 Å². The summed E-state index contributed by atoms with van der Waals surface area (Å²) >= 11 is 0. The predicted molar refractivity (Wildman–Crippen MR) is 95.2 cm³/mol. The van der Waals surface area contributed by atoms with E-state index >= 15 is 0 Å². The molecule has 0 aliphatic carbocycles. The molecule has 0 spiro atoms. The summed E-state index contributed by atoms with van der Waals surface area (Å²) in [5.74, 6) is -0.797. The van der Waals surface area contributed by atoms with Gasteiger partial charge in [-0.25, -0.2) is 8.78 Å². The van der Waals surface area contributed by atoms with Crippen LogP contribution in [-0.2, 0) is 11.2 Å². The van der Waals surface area contributed by atoms with E-state index in [0.29, 0.717) is 11.8 Å². The second-order valence-corrected chi connectivity index (χ2v) is 6.84. The van der Waals surface area contributed by atoms with Gasteiger partial charge in [-0.2, -0.15) is 0 Å². The van der Waals surface area contributed by atoms with Crippen molar-refractivity contribution in [3.8, 4) is 17.2 Å². The van der Waals surface area contributed by atoms with Crippen LogP contribution in [0.1, 0.15) is 19.4 Å². The van der Waals surface area contributed by atoms with Crippen molar-refractivity contribution in [2.75, 3.05) is 19.8 Å². The van der Waals surface area contributed by atoms with E-state index in [1.807, 2.05) is 32.0 Å². The van der Waals surface area contributed by atoms with Crippen LogP contribution in [0.25, 0.3) is 0 Å². The van der Waals surface area contributed by atoms with Gasteiger partial charge in [0.2, 0.25) is 0 Å². The summed E-state index contributed by atoms with van der Waals surface area (Å²) in [6.45, 7) is 4.15. The molecule has 0 saturated heterocycles. The molecule has 0 atom stereocenters. The van der Waals surface area contributed by atoms with E-state index in [1.165, 1.54) is 0 Å². The summed E-state index contributed by atoms with van der Waals surface area (Å²) < 4.78 is 42.9. The molecule has 0 unspecified atom stereocenters. The Morgan fingerprint density at radius 3 is 2.78 bits per heavy atom. The number of halogens is 2. The second-order valence-electron chi connectivity index (χ2n) is 6.84. The Bertz CT molecular complexity index is 839. The zero-order valence-electron chi connectivity index (χ0n) is 15.2. The first kappa shape index (κ1) is 18.9. The van der Waals surface area contributed by atoms with E-state index in [9.17, 15) is 13.6 Å². The Labute approximate surface area is 156 Å². The quantitative estimate of drug-likeness (QED) is 0.753. The predicted octanol–water partition coefficient (Wildman–Crippen LogP) is 3.25. The highest BCUT2D eigenvalue weighted by atomic mass is 19.1. The topological polar surface area (TPSA) is 56.8 Å². The van der Waals surface area contributed by atoms with Crippen molar-refractivity contribution in [3.63, 3.8) is 0 Å². The van der Waals surface area contributed by atoms with Crippen molar-refractivity contribution in [2.24, 2.45) is 0 Å². The van der Waals surface area contributed by atoms with Crippen LogP contribution in [0.15, 0.2) is 36.4 Å². The average molecular weight is 377 g/mol. The van der Waals surface area contributed by atoms with Crippen LogP contribution in [0.3, 0.4) is 0 Å². The van der Waals surface area contributed by atoms with Crippen LogP contribution in [-0.4, -0.2) is 31.3 Å². The van der Waals surface area contributed by atoms with Crippen molar-refractivity contribution < 1.29 is 27.8 Å². The molecule has 0 bridgehead atoms. The van der Waals surface area contributed by atoms with E-state index < -0.39 is 17.5 Å². The zero-order valence-corrected chi connectivity index (χ0v) is 15.2. The van der Waals surface area contributed by atoms with Crippen LogP contribution < -0.4 is 19.5 Å². The summed E-state index contributed by atoms with van der Waals surface area (Å²) in [6.07, 6.45) is 0.813. The van der Waals surface area contributed by atoms with Crippen molar-refractivity contribution in [2.45, 2.75) is 25.9 Å². The number of fused-ring (bicyclic) bond motifs is 1. The summed E-state index contributed by atoms with van der Waals surface area (Å²) in [5, 5.41) is 2.61. The molecular formula is C20H21F2NO4. The summed E-state index contributed by atoms with van der Waals surface area (Å²) in [6, 6.07) is 8.63. The smallest absolute Gasteiger partial charge is 0.258 e. The summed E-state index contributed by atoms with van der Waals surface area (Å²) in [5.41, 5.74) is 0.833. The molecule has 1 heterocycles. The van der Waals surface area contributed by atoms with Crippen LogP contribution in [0, 0.1) is 11.6 Å². The van der Waals surface area contributed by atoms with Gasteiger partial charge in [0, 0.05) is 18.1 Å². The van der Waals surface area contributed by atoms with Gasteiger partial charge in [0.1, 0.15) is 18.0 Å². The van der Waals surface area contributed by atoms with Gasteiger partial charge in [-0.3, -0.25) is 4.79 Å². The minimum absolute atomic E-state index is 0.178. The monoisotopic (exact) mass is 377 g/mol. The van der Waals surface area contributed by atoms with Gasteiger partial charge in [-0.1, -0.05) is 12.1 Å². The highest BCUT2D eigenvalue weighted by molar-refractivity contribution is 5.77. The second kappa shape index (κ2) is 7.82. The molecule has 0 fully saturated rings. The van der Waals surface area contributed by atoms with Crippen molar-refractivity contribution in [1.29, 1.82) is 0 Å². The molecular weight excluding hydrogens is 356 g/mol. The molecule has 1 N–H and O–H groups in total. The third-order valence-electron chi connectivity index (χ3n) is 3.99. The highest BCUT2D eigenvalue weighted by Gasteiger charge is 2.32. The molecule has 2 aromatic rings. The largest absolute Gasteiger partial charge is 0.488 e.